The van der Waals surface area contributed by atoms with E-state index in [4.69, 9.17) is 10.5 Å². The van der Waals surface area contributed by atoms with Gasteiger partial charge in [-0.05, 0) is 27.7 Å². The summed E-state index contributed by atoms with van der Waals surface area (Å²) in [5.41, 5.74) is 4.78. The molecule has 4 N–H and O–H groups in total. The third kappa shape index (κ3) is 3.68. The Labute approximate surface area is 108 Å². The highest BCUT2D eigenvalue weighted by molar-refractivity contribution is 5.88. The number of ether oxygens (including phenoxy) is 1. The van der Waals surface area contributed by atoms with E-state index < -0.39 is 5.41 Å². The van der Waals surface area contributed by atoms with Gasteiger partial charge < -0.3 is 21.1 Å². The van der Waals surface area contributed by atoms with Gasteiger partial charge in [-0.25, -0.2) is 0 Å². The van der Waals surface area contributed by atoms with Crippen molar-refractivity contribution in [2.24, 2.45) is 11.1 Å². The molecule has 6 heteroatoms. The molecule has 2 amide bonds. The van der Waals surface area contributed by atoms with Gasteiger partial charge in [0.15, 0.2) is 0 Å². The molecule has 0 bridgehead atoms. The maximum absolute atomic E-state index is 12.0. The summed E-state index contributed by atoms with van der Waals surface area (Å²) >= 11 is 0. The zero-order valence-corrected chi connectivity index (χ0v) is 11.5. The Hall–Kier alpha value is -1.14. The molecule has 1 saturated heterocycles. The Bertz CT molecular complexity index is 338. The number of rotatable bonds is 3. The highest BCUT2D eigenvalue weighted by Gasteiger charge is 2.44. The average Bonchev–Trinajstić information content (AvgIpc) is 2.54. The Morgan fingerprint density at radius 2 is 2.06 bits per heavy atom. The Morgan fingerprint density at radius 1 is 1.44 bits per heavy atom. The first-order valence-corrected chi connectivity index (χ1v) is 6.08. The summed E-state index contributed by atoms with van der Waals surface area (Å²) in [6, 6.07) is -0.330. The fourth-order valence-electron chi connectivity index (χ4n) is 1.75. The molecule has 0 aromatic carbocycles. The third-order valence-electron chi connectivity index (χ3n) is 2.96. The number of carbonyl (C=O) groups is 2. The van der Waals surface area contributed by atoms with Crippen LogP contribution >= 0.6 is 0 Å². The minimum atomic E-state index is -0.748. The fourth-order valence-corrected chi connectivity index (χ4v) is 1.75. The van der Waals surface area contributed by atoms with Crippen molar-refractivity contribution in [3.63, 3.8) is 0 Å². The molecular weight excluding hydrogens is 234 g/mol. The van der Waals surface area contributed by atoms with Crippen LogP contribution in [0.5, 0.6) is 0 Å². The molecule has 0 saturated carbocycles. The van der Waals surface area contributed by atoms with Crippen molar-refractivity contribution in [1.82, 2.24) is 10.6 Å². The van der Waals surface area contributed by atoms with Gasteiger partial charge in [0.05, 0.1) is 25.2 Å². The summed E-state index contributed by atoms with van der Waals surface area (Å²) in [6.07, 6.45) is 0. The van der Waals surface area contributed by atoms with Gasteiger partial charge in [-0.15, -0.1) is 0 Å². The minimum absolute atomic E-state index is 0.0432. The van der Waals surface area contributed by atoms with Crippen LogP contribution < -0.4 is 16.4 Å². The average molecular weight is 257 g/mol. The van der Waals surface area contributed by atoms with Crippen LogP contribution in [-0.2, 0) is 14.3 Å². The molecule has 104 valence electrons. The van der Waals surface area contributed by atoms with Crippen LogP contribution in [0, 0.1) is 5.41 Å². The monoisotopic (exact) mass is 257 g/mol. The molecule has 0 radical (unpaired) electrons. The predicted molar refractivity (Wildman–Crippen MR) is 67.8 cm³/mol. The molecule has 2 atom stereocenters. The first-order valence-electron chi connectivity index (χ1n) is 6.08. The van der Waals surface area contributed by atoms with E-state index in [0.717, 1.165) is 0 Å². The molecule has 6 nitrogen and oxygen atoms in total. The minimum Gasteiger partial charge on any atom is -0.379 e. The highest BCUT2D eigenvalue weighted by Crippen LogP contribution is 2.26. The first kappa shape index (κ1) is 14.9. The van der Waals surface area contributed by atoms with E-state index in [1.807, 2.05) is 20.8 Å². The molecule has 2 unspecified atom stereocenters. The molecule has 1 aliphatic heterocycles. The van der Waals surface area contributed by atoms with Crippen molar-refractivity contribution < 1.29 is 14.3 Å². The molecule has 1 aliphatic rings. The van der Waals surface area contributed by atoms with Crippen molar-refractivity contribution in [2.75, 3.05) is 19.8 Å². The van der Waals surface area contributed by atoms with Gasteiger partial charge in [0.2, 0.25) is 11.8 Å². The van der Waals surface area contributed by atoms with Crippen molar-refractivity contribution >= 4 is 11.8 Å². The van der Waals surface area contributed by atoms with Crippen molar-refractivity contribution in [3.8, 4) is 0 Å². The third-order valence-corrected chi connectivity index (χ3v) is 2.96. The summed E-state index contributed by atoms with van der Waals surface area (Å²) in [7, 11) is 0. The maximum atomic E-state index is 12.0. The summed E-state index contributed by atoms with van der Waals surface area (Å²) in [6.45, 7) is 8.03. The van der Waals surface area contributed by atoms with E-state index in [0.29, 0.717) is 13.2 Å². The van der Waals surface area contributed by atoms with E-state index >= 15 is 0 Å². The van der Waals surface area contributed by atoms with Gasteiger partial charge in [0.1, 0.15) is 0 Å². The topological polar surface area (TPSA) is 93.5 Å². The van der Waals surface area contributed by atoms with Gasteiger partial charge >= 0.3 is 0 Å². The Morgan fingerprint density at radius 3 is 2.50 bits per heavy atom. The number of hydrogen-bond acceptors (Lipinski definition) is 4. The second-order valence-electron chi connectivity index (χ2n) is 6.02. The molecule has 1 fully saturated rings. The molecule has 0 spiro atoms. The van der Waals surface area contributed by atoms with Crippen molar-refractivity contribution in [3.05, 3.63) is 0 Å². The second kappa shape index (κ2) is 5.24. The molecule has 0 aromatic rings. The zero-order valence-electron chi connectivity index (χ0n) is 11.5. The fraction of sp³-hybridized carbons (Fsp3) is 0.833. The normalized spacial score (nSPS) is 27.9. The summed E-state index contributed by atoms with van der Waals surface area (Å²) in [5.74, 6) is -0.455. The summed E-state index contributed by atoms with van der Waals surface area (Å²) < 4.78 is 5.19. The van der Waals surface area contributed by atoms with Crippen LogP contribution in [0.2, 0.25) is 0 Å². The molecule has 18 heavy (non-hydrogen) atoms. The van der Waals surface area contributed by atoms with Gasteiger partial charge in [0, 0.05) is 11.6 Å². The lowest BCUT2D eigenvalue weighted by Gasteiger charge is -2.26. The highest BCUT2D eigenvalue weighted by atomic mass is 16.5. The molecule has 0 aromatic heterocycles. The lowest BCUT2D eigenvalue weighted by molar-refractivity contribution is -0.133. The smallest absolute Gasteiger partial charge is 0.239 e. The lowest BCUT2D eigenvalue weighted by atomic mass is 9.85. The second-order valence-corrected chi connectivity index (χ2v) is 6.02. The number of carbonyl (C=O) groups excluding carboxylic acids is 2. The number of hydrogen-bond donors (Lipinski definition) is 3. The van der Waals surface area contributed by atoms with Gasteiger partial charge in [-0.1, -0.05) is 0 Å². The Balaban J connectivity index is 2.44. The van der Waals surface area contributed by atoms with E-state index in [1.165, 1.54) is 0 Å². The van der Waals surface area contributed by atoms with E-state index in [1.54, 1.807) is 6.92 Å². The maximum Gasteiger partial charge on any atom is 0.239 e. The lowest BCUT2D eigenvalue weighted by Crippen LogP contribution is -2.53. The van der Waals surface area contributed by atoms with Crippen LogP contribution in [0.4, 0.5) is 0 Å². The number of nitrogens with one attached hydrogen (secondary N) is 2. The standard InChI is InChI=1S/C12H23N3O3/c1-11(2,3)15-9(16)5-14-10(17)12(4)7-18-6-8(12)13/h8H,5-7,13H2,1-4H3,(H,14,17)(H,15,16). The van der Waals surface area contributed by atoms with Crippen LogP contribution in [0.3, 0.4) is 0 Å². The van der Waals surface area contributed by atoms with E-state index in [2.05, 4.69) is 10.6 Å². The van der Waals surface area contributed by atoms with Crippen LogP contribution in [-0.4, -0.2) is 43.2 Å². The van der Waals surface area contributed by atoms with Crippen LogP contribution in [0.1, 0.15) is 27.7 Å². The number of amides is 2. The SMILES string of the molecule is CC(C)(C)NC(=O)CNC(=O)C1(C)COCC1N. The summed E-state index contributed by atoms with van der Waals surface area (Å²) in [4.78, 5) is 23.6. The van der Waals surface area contributed by atoms with E-state index in [9.17, 15) is 9.59 Å². The summed E-state index contributed by atoms with van der Waals surface area (Å²) in [5, 5.41) is 5.38. The quantitative estimate of drug-likeness (QED) is 0.628. The molecule has 0 aliphatic carbocycles. The molecular formula is C12H23N3O3. The Kier molecular flexibility index (Phi) is 4.34. The predicted octanol–water partition coefficient (Wildman–Crippen LogP) is -0.619. The largest absolute Gasteiger partial charge is 0.379 e. The van der Waals surface area contributed by atoms with Gasteiger partial charge in [-0.3, -0.25) is 9.59 Å². The number of nitrogens with two attached hydrogens (primary N) is 1. The van der Waals surface area contributed by atoms with Gasteiger partial charge in [-0.2, -0.15) is 0 Å². The molecule has 1 rings (SSSR count). The van der Waals surface area contributed by atoms with Crippen molar-refractivity contribution in [2.45, 2.75) is 39.3 Å². The van der Waals surface area contributed by atoms with Crippen LogP contribution in [0.25, 0.3) is 0 Å². The van der Waals surface area contributed by atoms with E-state index in [-0.39, 0.29) is 29.9 Å². The van der Waals surface area contributed by atoms with Crippen molar-refractivity contribution in [1.29, 1.82) is 0 Å². The first-order chi connectivity index (χ1) is 8.15. The van der Waals surface area contributed by atoms with Gasteiger partial charge in [0.25, 0.3) is 0 Å². The van der Waals surface area contributed by atoms with Crippen LogP contribution in [0.15, 0.2) is 0 Å². The molecule has 1 heterocycles. The zero-order chi connectivity index (χ0) is 14.0.